The summed E-state index contributed by atoms with van der Waals surface area (Å²) in [6, 6.07) is 22.2. The van der Waals surface area contributed by atoms with Gasteiger partial charge < -0.3 is 24.6 Å². The van der Waals surface area contributed by atoms with Gasteiger partial charge in [-0.15, -0.1) is 0 Å². The third-order valence-corrected chi connectivity index (χ3v) is 8.51. The lowest BCUT2D eigenvalue weighted by molar-refractivity contribution is -0.253. The number of rotatable bonds is 9. The van der Waals surface area contributed by atoms with Crippen molar-refractivity contribution >= 4 is 5.91 Å². The molecular formula is C36H33F5N2O5. The first kappa shape index (κ1) is 33.7. The van der Waals surface area contributed by atoms with Gasteiger partial charge >= 0.3 is 0 Å². The van der Waals surface area contributed by atoms with E-state index < -0.39 is 46.8 Å². The first-order valence-corrected chi connectivity index (χ1v) is 15.5. The lowest BCUT2D eigenvalue weighted by atomic mass is 9.99. The molecule has 7 nitrogen and oxygen atoms in total. The van der Waals surface area contributed by atoms with Gasteiger partial charge in [-0.1, -0.05) is 66.7 Å². The van der Waals surface area contributed by atoms with E-state index in [1.807, 2.05) is 54.6 Å². The van der Waals surface area contributed by atoms with Crippen molar-refractivity contribution < 1.29 is 46.1 Å². The third kappa shape index (κ3) is 7.43. The van der Waals surface area contributed by atoms with E-state index in [4.69, 9.17) is 14.2 Å². The molecule has 2 heterocycles. The number of carbonyl (C=O) groups excluding carboxylic acids is 1. The molecular weight excluding hydrogens is 635 g/mol. The van der Waals surface area contributed by atoms with Gasteiger partial charge in [-0.2, -0.15) is 0 Å². The number of ether oxygens (including phenoxy) is 3. The van der Waals surface area contributed by atoms with Gasteiger partial charge in [0.2, 0.25) is 5.82 Å². The molecule has 1 amide bonds. The minimum absolute atomic E-state index is 0.0422. The smallest absolute Gasteiger partial charge is 0.257 e. The van der Waals surface area contributed by atoms with Gasteiger partial charge in [0.1, 0.15) is 5.56 Å². The Kier molecular flexibility index (Phi) is 10.5. The maximum atomic E-state index is 14.1. The summed E-state index contributed by atoms with van der Waals surface area (Å²) < 4.78 is 87.1. The molecule has 4 aromatic rings. The second kappa shape index (κ2) is 14.9. The standard InChI is InChI=1S/C36H33F5N2O5/c37-30-29(31(38)33(40)34(41)32(30)39)35(45)42-18-22-2-1-3-26(16-22)23-8-10-25(11-9-23)36-47-27(19-43-12-14-46-15-13-43)17-28(48-36)24-6-4-21(20-44)5-7-24/h1-11,16,27-28,36,44H,12-15,17-20H2,(H,42,45)/t27-,28+,36+/m1/s1. The number of nitrogens with zero attached hydrogens (tertiary/aromatic N) is 1. The number of nitrogens with one attached hydrogen (secondary N) is 1. The first-order chi connectivity index (χ1) is 23.2. The lowest BCUT2D eigenvalue weighted by Gasteiger charge is -2.39. The summed E-state index contributed by atoms with van der Waals surface area (Å²) in [5.41, 5.74) is 3.21. The summed E-state index contributed by atoms with van der Waals surface area (Å²) in [6.45, 7) is 3.49. The third-order valence-electron chi connectivity index (χ3n) is 8.51. The van der Waals surface area contributed by atoms with Gasteiger partial charge in [-0.3, -0.25) is 9.69 Å². The summed E-state index contributed by atoms with van der Waals surface area (Å²) in [7, 11) is 0. The van der Waals surface area contributed by atoms with Crippen LogP contribution in [0.1, 0.15) is 51.4 Å². The minimum Gasteiger partial charge on any atom is -0.392 e. The molecule has 2 fully saturated rings. The zero-order valence-electron chi connectivity index (χ0n) is 25.7. The van der Waals surface area contributed by atoms with E-state index in [-0.39, 0.29) is 25.4 Å². The molecule has 2 N–H and O–H groups in total. The summed E-state index contributed by atoms with van der Waals surface area (Å²) in [4.78, 5) is 14.7. The number of amides is 1. The highest BCUT2D eigenvalue weighted by molar-refractivity contribution is 5.94. The van der Waals surface area contributed by atoms with Gasteiger partial charge in [-0.25, -0.2) is 22.0 Å². The monoisotopic (exact) mass is 668 g/mol. The van der Waals surface area contributed by atoms with E-state index in [1.165, 1.54) is 0 Å². The number of carbonyl (C=O) groups is 1. The Labute approximate surface area is 273 Å². The van der Waals surface area contributed by atoms with Crippen LogP contribution < -0.4 is 5.32 Å². The van der Waals surface area contributed by atoms with E-state index in [0.717, 1.165) is 47.5 Å². The van der Waals surface area contributed by atoms with Gasteiger partial charge in [-0.05, 0) is 33.9 Å². The van der Waals surface area contributed by atoms with Crippen molar-refractivity contribution in [2.45, 2.75) is 38.1 Å². The molecule has 0 unspecified atom stereocenters. The second-order valence-corrected chi connectivity index (χ2v) is 11.7. The molecule has 0 bridgehead atoms. The molecule has 2 saturated heterocycles. The Morgan fingerprint density at radius 1 is 0.771 bits per heavy atom. The number of halogens is 5. The average molecular weight is 669 g/mol. The topological polar surface area (TPSA) is 80.3 Å². The fourth-order valence-corrected chi connectivity index (χ4v) is 5.87. The number of benzene rings is 4. The average Bonchev–Trinajstić information content (AvgIpc) is 3.13. The van der Waals surface area contributed by atoms with Crippen LogP contribution >= 0.6 is 0 Å². The van der Waals surface area contributed by atoms with E-state index in [9.17, 15) is 31.9 Å². The Balaban J connectivity index is 1.16. The Morgan fingerprint density at radius 3 is 2.08 bits per heavy atom. The lowest BCUT2D eigenvalue weighted by Crippen LogP contribution is -2.44. The van der Waals surface area contributed by atoms with Crippen molar-refractivity contribution in [3.63, 3.8) is 0 Å². The van der Waals surface area contributed by atoms with Gasteiger partial charge in [0.25, 0.3) is 5.91 Å². The molecule has 0 spiro atoms. The van der Waals surface area contributed by atoms with Crippen LogP contribution in [0.3, 0.4) is 0 Å². The zero-order valence-corrected chi connectivity index (χ0v) is 25.7. The quantitative estimate of drug-likeness (QED) is 0.123. The van der Waals surface area contributed by atoms with Crippen molar-refractivity contribution in [3.8, 4) is 11.1 Å². The fourth-order valence-electron chi connectivity index (χ4n) is 5.87. The van der Waals surface area contributed by atoms with Crippen molar-refractivity contribution in [1.82, 2.24) is 10.2 Å². The van der Waals surface area contributed by atoms with Crippen LogP contribution in [0.2, 0.25) is 0 Å². The fraction of sp³-hybridized carbons (Fsp3) is 0.306. The number of aliphatic hydroxyl groups excluding tert-OH is 1. The number of hydrogen-bond acceptors (Lipinski definition) is 6. The Morgan fingerprint density at radius 2 is 1.42 bits per heavy atom. The van der Waals surface area contributed by atoms with E-state index >= 15 is 0 Å². The Bertz CT molecular complexity index is 1720. The van der Waals surface area contributed by atoms with Crippen molar-refractivity contribution in [3.05, 3.63) is 130 Å². The summed E-state index contributed by atoms with van der Waals surface area (Å²) in [5, 5.41) is 11.7. The normalized spacial score (nSPS) is 20.1. The summed E-state index contributed by atoms with van der Waals surface area (Å²) in [5.74, 6) is -12.5. The molecule has 2 aliphatic rings. The maximum Gasteiger partial charge on any atom is 0.257 e. The van der Waals surface area contributed by atoms with Crippen LogP contribution in [0, 0.1) is 29.1 Å². The van der Waals surface area contributed by atoms with E-state index in [2.05, 4.69) is 10.2 Å². The predicted octanol–water partition coefficient (Wildman–Crippen LogP) is 6.35. The maximum absolute atomic E-state index is 14.1. The highest BCUT2D eigenvalue weighted by Gasteiger charge is 2.34. The molecule has 2 aliphatic heterocycles. The zero-order chi connectivity index (χ0) is 33.8. The summed E-state index contributed by atoms with van der Waals surface area (Å²) in [6.07, 6.45) is -0.289. The molecule has 252 valence electrons. The minimum atomic E-state index is -2.33. The van der Waals surface area contributed by atoms with Gasteiger partial charge in [0, 0.05) is 38.2 Å². The van der Waals surface area contributed by atoms with Gasteiger partial charge in [0.15, 0.2) is 29.6 Å². The molecule has 0 aromatic heterocycles. The van der Waals surface area contributed by atoms with Crippen LogP contribution in [0.15, 0.2) is 72.8 Å². The Hall–Kier alpha value is -4.20. The van der Waals surface area contributed by atoms with Crippen LogP contribution in [0.5, 0.6) is 0 Å². The number of morpholine rings is 1. The van der Waals surface area contributed by atoms with Gasteiger partial charge in [0.05, 0.1) is 32.0 Å². The molecule has 48 heavy (non-hydrogen) atoms. The second-order valence-electron chi connectivity index (χ2n) is 11.7. The highest BCUT2D eigenvalue weighted by Crippen LogP contribution is 2.39. The number of aliphatic hydroxyl groups is 1. The van der Waals surface area contributed by atoms with Crippen molar-refractivity contribution in [1.29, 1.82) is 0 Å². The molecule has 6 rings (SSSR count). The number of hydrogen-bond donors (Lipinski definition) is 2. The van der Waals surface area contributed by atoms with Crippen LogP contribution in [-0.4, -0.2) is 54.9 Å². The van der Waals surface area contributed by atoms with Crippen LogP contribution in [-0.2, 0) is 27.4 Å². The molecule has 4 aromatic carbocycles. The molecule has 12 heteroatoms. The first-order valence-electron chi connectivity index (χ1n) is 15.5. The SMILES string of the molecule is O=C(NCc1cccc(-c2ccc([C@H]3O[C@@H](CN4CCOCC4)C[C@@H](c4ccc(CO)cc4)O3)cc2)c1)c1c(F)c(F)c(F)c(F)c1F. The van der Waals surface area contributed by atoms with E-state index in [1.54, 1.807) is 18.2 Å². The van der Waals surface area contributed by atoms with Crippen molar-refractivity contribution in [2.75, 3.05) is 32.8 Å². The highest BCUT2D eigenvalue weighted by atomic mass is 19.2. The molecule has 0 saturated carbocycles. The largest absolute Gasteiger partial charge is 0.392 e. The summed E-state index contributed by atoms with van der Waals surface area (Å²) >= 11 is 0. The van der Waals surface area contributed by atoms with Crippen LogP contribution in [0.4, 0.5) is 22.0 Å². The van der Waals surface area contributed by atoms with E-state index in [0.29, 0.717) is 25.2 Å². The van der Waals surface area contributed by atoms with Crippen LogP contribution in [0.25, 0.3) is 11.1 Å². The molecule has 0 aliphatic carbocycles. The predicted molar refractivity (Wildman–Crippen MR) is 165 cm³/mol. The van der Waals surface area contributed by atoms with Crippen molar-refractivity contribution in [2.24, 2.45) is 0 Å². The molecule has 3 atom stereocenters. The molecule has 0 radical (unpaired) electrons.